The molecule has 0 fully saturated rings. The van der Waals surface area contributed by atoms with Gasteiger partial charge >= 0.3 is 0 Å². The third-order valence-electron chi connectivity index (χ3n) is 3.25. The Hall–Kier alpha value is -2.60. The average molecular weight is 333 g/mol. The van der Waals surface area contributed by atoms with Gasteiger partial charge in [-0.05, 0) is 48.9 Å². The average Bonchev–Trinajstić information content (AvgIpc) is 2.60. The molecule has 0 aliphatic carbocycles. The molecule has 0 aliphatic heterocycles. The highest BCUT2D eigenvalue weighted by Gasteiger charge is 2.10. The van der Waals surface area contributed by atoms with E-state index in [0.29, 0.717) is 17.9 Å². The molecule has 0 heterocycles. The van der Waals surface area contributed by atoms with Crippen LogP contribution >= 0.6 is 0 Å². The Kier molecular flexibility index (Phi) is 6.57. The molecule has 5 nitrogen and oxygen atoms in total. The first-order valence-corrected chi connectivity index (χ1v) is 7.64. The number of carbonyl (C=O) groups is 1. The zero-order valence-corrected chi connectivity index (χ0v) is 13.4. The molecule has 2 aromatic carbocycles. The Morgan fingerprint density at radius 3 is 2.25 bits per heavy atom. The second-order valence-electron chi connectivity index (χ2n) is 5.06. The third-order valence-corrected chi connectivity index (χ3v) is 3.25. The first-order valence-electron chi connectivity index (χ1n) is 7.64. The fourth-order valence-corrected chi connectivity index (χ4v) is 2.01. The molecule has 2 rings (SSSR count). The number of amides is 1. The smallest absolute Gasteiger partial charge is 0.258 e. The number of hydrogen-bond donors (Lipinski definition) is 2. The summed E-state index contributed by atoms with van der Waals surface area (Å²) in [6.45, 7) is 2.34. The quantitative estimate of drug-likeness (QED) is 0.779. The molecule has 2 aromatic rings. The number of halogens is 1. The van der Waals surface area contributed by atoms with E-state index in [1.165, 1.54) is 24.3 Å². The number of nitrogens with one attached hydrogen (secondary N) is 1. The maximum atomic E-state index is 12.8. The summed E-state index contributed by atoms with van der Waals surface area (Å²) in [6.07, 6.45) is -0.903. The van der Waals surface area contributed by atoms with E-state index in [1.807, 2.05) is 6.92 Å². The van der Waals surface area contributed by atoms with Gasteiger partial charge in [0.25, 0.3) is 5.91 Å². The van der Waals surface area contributed by atoms with Gasteiger partial charge in [-0.2, -0.15) is 0 Å². The van der Waals surface area contributed by atoms with Gasteiger partial charge in [0.15, 0.2) is 6.61 Å². The van der Waals surface area contributed by atoms with Crippen molar-refractivity contribution in [2.24, 2.45) is 0 Å². The molecule has 0 saturated carbocycles. The summed E-state index contributed by atoms with van der Waals surface area (Å²) in [6, 6.07) is 12.4. The van der Waals surface area contributed by atoms with Crippen molar-refractivity contribution in [2.75, 3.05) is 19.8 Å². The van der Waals surface area contributed by atoms with Crippen molar-refractivity contribution in [3.8, 4) is 11.5 Å². The molecule has 0 aromatic heterocycles. The number of aliphatic hydroxyl groups is 1. The number of aliphatic hydroxyl groups excluding tert-OH is 1. The van der Waals surface area contributed by atoms with Gasteiger partial charge in [-0.15, -0.1) is 0 Å². The number of rotatable bonds is 8. The lowest BCUT2D eigenvalue weighted by atomic mass is 10.1. The molecule has 0 saturated heterocycles. The van der Waals surface area contributed by atoms with Crippen LogP contribution < -0.4 is 14.8 Å². The van der Waals surface area contributed by atoms with Gasteiger partial charge in [-0.25, -0.2) is 4.39 Å². The standard InChI is InChI=1S/C18H20FNO4/c1-2-23-15-7-9-16(10-8-15)24-12-18(22)20-11-17(21)13-3-5-14(19)6-4-13/h3-10,17,21H,2,11-12H2,1H3,(H,20,22). The predicted octanol–water partition coefficient (Wildman–Crippen LogP) is 2.45. The summed E-state index contributed by atoms with van der Waals surface area (Å²) in [5.74, 6) is 0.549. The first kappa shape index (κ1) is 17.7. The first-order chi connectivity index (χ1) is 11.6. The van der Waals surface area contributed by atoms with Gasteiger partial charge in [0, 0.05) is 6.54 Å². The van der Waals surface area contributed by atoms with Crippen LogP contribution in [0, 0.1) is 5.82 Å². The number of carbonyl (C=O) groups excluding carboxylic acids is 1. The Labute approximate surface area is 140 Å². The largest absolute Gasteiger partial charge is 0.494 e. The minimum atomic E-state index is -0.903. The van der Waals surface area contributed by atoms with Gasteiger partial charge in [0.05, 0.1) is 12.7 Å². The van der Waals surface area contributed by atoms with Crippen molar-refractivity contribution in [3.63, 3.8) is 0 Å². The Balaban J connectivity index is 1.73. The summed E-state index contributed by atoms with van der Waals surface area (Å²) < 4.78 is 23.5. The maximum absolute atomic E-state index is 12.8. The molecule has 0 radical (unpaired) electrons. The summed E-state index contributed by atoms with van der Waals surface area (Å²) in [5, 5.41) is 12.5. The molecule has 0 aliphatic rings. The van der Waals surface area contributed by atoms with Crippen LogP contribution in [0.1, 0.15) is 18.6 Å². The van der Waals surface area contributed by atoms with Crippen LogP contribution in [-0.2, 0) is 4.79 Å². The lowest BCUT2D eigenvalue weighted by Crippen LogP contribution is -2.32. The van der Waals surface area contributed by atoms with E-state index in [2.05, 4.69) is 5.32 Å². The molecular weight excluding hydrogens is 313 g/mol. The van der Waals surface area contributed by atoms with Gasteiger partial charge in [-0.3, -0.25) is 4.79 Å². The lowest BCUT2D eigenvalue weighted by molar-refractivity contribution is -0.123. The van der Waals surface area contributed by atoms with Crippen molar-refractivity contribution >= 4 is 5.91 Å². The van der Waals surface area contributed by atoms with Gasteiger partial charge in [0.2, 0.25) is 0 Å². The van der Waals surface area contributed by atoms with E-state index in [1.54, 1.807) is 24.3 Å². The summed E-state index contributed by atoms with van der Waals surface area (Å²) in [4.78, 5) is 11.7. The van der Waals surface area contributed by atoms with Crippen LogP contribution in [0.25, 0.3) is 0 Å². The normalized spacial score (nSPS) is 11.6. The van der Waals surface area contributed by atoms with Gasteiger partial charge in [0.1, 0.15) is 17.3 Å². The third kappa shape index (κ3) is 5.55. The minimum absolute atomic E-state index is 0.0249. The lowest BCUT2D eigenvalue weighted by Gasteiger charge is -2.13. The number of benzene rings is 2. The van der Waals surface area contributed by atoms with Crippen LogP contribution in [-0.4, -0.2) is 30.8 Å². The predicted molar refractivity (Wildman–Crippen MR) is 87.5 cm³/mol. The fourth-order valence-electron chi connectivity index (χ4n) is 2.01. The highest BCUT2D eigenvalue weighted by atomic mass is 19.1. The Morgan fingerprint density at radius 1 is 1.08 bits per heavy atom. The monoisotopic (exact) mass is 333 g/mol. The molecule has 24 heavy (non-hydrogen) atoms. The van der Waals surface area contributed by atoms with Crippen molar-refractivity contribution in [3.05, 3.63) is 59.9 Å². The van der Waals surface area contributed by atoms with E-state index >= 15 is 0 Å². The molecule has 0 spiro atoms. The van der Waals surface area contributed by atoms with Crippen LogP contribution in [0.4, 0.5) is 4.39 Å². The van der Waals surface area contributed by atoms with Crippen LogP contribution in [0.15, 0.2) is 48.5 Å². The van der Waals surface area contributed by atoms with Crippen LogP contribution in [0.3, 0.4) is 0 Å². The van der Waals surface area contributed by atoms with E-state index in [0.717, 1.165) is 5.75 Å². The van der Waals surface area contributed by atoms with Crippen molar-refractivity contribution in [1.82, 2.24) is 5.32 Å². The van der Waals surface area contributed by atoms with E-state index < -0.39 is 6.10 Å². The summed E-state index contributed by atoms with van der Waals surface area (Å²) >= 11 is 0. The fraction of sp³-hybridized carbons (Fsp3) is 0.278. The molecule has 0 bridgehead atoms. The van der Waals surface area contributed by atoms with E-state index in [9.17, 15) is 14.3 Å². The molecular formula is C18H20FNO4. The number of ether oxygens (including phenoxy) is 2. The SMILES string of the molecule is CCOc1ccc(OCC(=O)NCC(O)c2ccc(F)cc2)cc1. The second kappa shape index (κ2) is 8.88. The topological polar surface area (TPSA) is 67.8 Å². The van der Waals surface area contributed by atoms with E-state index in [-0.39, 0.29) is 24.9 Å². The zero-order chi connectivity index (χ0) is 17.4. The molecule has 2 N–H and O–H groups in total. The molecule has 1 atom stereocenters. The molecule has 1 unspecified atom stereocenters. The van der Waals surface area contributed by atoms with Gasteiger partial charge < -0.3 is 19.9 Å². The Bertz CT molecular complexity index is 643. The van der Waals surface area contributed by atoms with Crippen LogP contribution in [0.2, 0.25) is 0 Å². The van der Waals surface area contributed by atoms with Gasteiger partial charge in [-0.1, -0.05) is 12.1 Å². The van der Waals surface area contributed by atoms with Crippen molar-refractivity contribution in [1.29, 1.82) is 0 Å². The van der Waals surface area contributed by atoms with Crippen molar-refractivity contribution in [2.45, 2.75) is 13.0 Å². The maximum Gasteiger partial charge on any atom is 0.258 e. The molecule has 1 amide bonds. The second-order valence-corrected chi connectivity index (χ2v) is 5.06. The highest BCUT2D eigenvalue weighted by molar-refractivity contribution is 5.77. The zero-order valence-electron chi connectivity index (χ0n) is 13.4. The minimum Gasteiger partial charge on any atom is -0.494 e. The summed E-state index contributed by atoms with van der Waals surface area (Å²) in [7, 11) is 0. The number of hydrogen-bond acceptors (Lipinski definition) is 4. The summed E-state index contributed by atoms with van der Waals surface area (Å²) in [5.41, 5.74) is 0.532. The highest BCUT2D eigenvalue weighted by Crippen LogP contribution is 2.17. The van der Waals surface area contributed by atoms with Crippen molar-refractivity contribution < 1.29 is 23.8 Å². The van der Waals surface area contributed by atoms with E-state index in [4.69, 9.17) is 9.47 Å². The molecule has 128 valence electrons. The van der Waals surface area contributed by atoms with Crippen LogP contribution in [0.5, 0.6) is 11.5 Å². The molecule has 6 heteroatoms. The Morgan fingerprint density at radius 2 is 1.67 bits per heavy atom.